The monoisotopic (exact) mass is 829 g/mol. The lowest BCUT2D eigenvalue weighted by Crippen LogP contribution is -2.45. The normalized spacial score (nSPS) is 14.9. The van der Waals surface area contributed by atoms with Crippen molar-refractivity contribution in [1.82, 2.24) is 5.32 Å². The number of carbonyl (C=O) groups is 1. The smallest absolute Gasteiger partial charge is 0.387 e. The summed E-state index contributed by atoms with van der Waals surface area (Å²) in [7, 11) is -4.38. The van der Waals surface area contributed by atoms with Gasteiger partial charge in [-0.2, -0.15) is 0 Å². The molecule has 0 aromatic rings. The van der Waals surface area contributed by atoms with Crippen molar-refractivity contribution in [2.24, 2.45) is 5.73 Å². The van der Waals surface area contributed by atoms with E-state index in [9.17, 15) is 19.4 Å². The van der Waals surface area contributed by atoms with E-state index in [-0.39, 0.29) is 25.5 Å². The maximum Gasteiger partial charge on any atom is 0.472 e. The van der Waals surface area contributed by atoms with Gasteiger partial charge >= 0.3 is 7.82 Å². The number of allylic oxidation sites excluding steroid dienone is 15. The predicted octanol–water partition coefficient (Wildman–Crippen LogP) is 13.2. The largest absolute Gasteiger partial charge is 0.472 e. The quantitative estimate of drug-likeness (QED) is 0.0274. The molecule has 3 unspecified atom stereocenters. The number of amides is 1. The van der Waals surface area contributed by atoms with Crippen molar-refractivity contribution < 1.29 is 28.4 Å². The van der Waals surface area contributed by atoms with Crippen LogP contribution >= 0.6 is 7.82 Å². The van der Waals surface area contributed by atoms with E-state index in [0.29, 0.717) is 6.42 Å². The molecule has 9 heteroatoms. The van der Waals surface area contributed by atoms with Crippen LogP contribution in [0.4, 0.5) is 0 Å². The molecule has 3 atom stereocenters. The lowest BCUT2D eigenvalue weighted by molar-refractivity contribution is -0.122. The summed E-state index contributed by atoms with van der Waals surface area (Å²) in [6.45, 7) is 3.93. The van der Waals surface area contributed by atoms with Crippen molar-refractivity contribution >= 4 is 13.7 Å². The first kappa shape index (κ1) is 55.4. The maximum atomic E-state index is 12.7. The summed E-state index contributed by atoms with van der Waals surface area (Å²) in [6, 6.07) is -0.924. The first-order valence-corrected chi connectivity index (χ1v) is 24.4. The van der Waals surface area contributed by atoms with Crippen molar-refractivity contribution in [1.29, 1.82) is 0 Å². The molecule has 0 bridgehead atoms. The van der Waals surface area contributed by atoms with Gasteiger partial charge in [-0.15, -0.1) is 0 Å². The minimum absolute atomic E-state index is 0.0575. The van der Waals surface area contributed by atoms with E-state index >= 15 is 0 Å². The van der Waals surface area contributed by atoms with Crippen molar-refractivity contribution in [3.8, 4) is 0 Å². The second-order valence-corrected chi connectivity index (χ2v) is 16.3. The van der Waals surface area contributed by atoms with E-state index in [1.165, 1.54) is 89.9 Å². The minimum Gasteiger partial charge on any atom is -0.387 e. The van der Waals surface area contributed by atoms with Crippen LogP contribution in [0.5, 0.6) is 0 Å². The number of aliphatic hydroxyl groups excluding tert-OH is 1. The van der Waals surface area contributed by atoms with Crippen molar-refractivity contribution in [2.45, 2.75) is 187 Å². The first-order chi connectivity index (χ1) is 28.4. The highest BCUT2D eigenvalue weighted by Crippen LogP contribution is 2.43. The highest BCUT2D eigenvalue weighted by Gasteiger charge is 2.26. The molecule has 0 radical (unpaired) electrons. The van der Waals surface area contributed by atoms with Gasteiger partial charge < -0.3 is 21.1 Å². The van der Waals surface area contributed by atoms with Crippen molar-refractivity contribution in [3.05, 3.63) is 97.2 Å². The van der Waals surface area contributed by atoms with Crippen LogP contribution in [0.1, 0.15) is 174 Å². The van der Waals surface area contributed by atoms with Crippen LogP contribution < -0.4 is 11.1 Å². The summed E-state index contributed by atoms with van der Waals surface area (Å²) in [6.07, 6.45) is 60.5. The molecule has 0 saturated carbocycles. The molecule has 0 spiro atoms. The van der Waals surface area contributed by atoms with E-state index in [2.05, 4.69) is 92.1 Å². The molecule has 58 heavy (non-hydrogen) atoms. The zero-order valence-electron chi connectivity index (χ0n) is 36.7. The molecular formula is C49H85N2O6P. The number of nitrogens with two attached hydrogens (primary N) is 1. The molecule has 0 aromatic heterocycles. The summed E-state index contributed by atoms with van der Waals surface area (Å²) in [4.78, 5) is 22.7. The summed E-state index contributed by atoms with van der Waals surface area (Å²) in [5.74, 6) is -0.289. The average Bonchev–Trinajstić information content (AvgIpc) is 3.21. The molecule has 0 aliphatic carbocycles. The third-order valence-electron chi connectivity index (χ3n) is 9.41. The third-order valence-corrected chi connectivity index (χ3v) is 10.4. The van der Waals surface area contributed by atoms with Gasteiger partial charge in [0.2, 0.25) is 5.91 Å². The van der Waals surface area contributed by atoms with Crippen LogP contribution in [0.25, 0.3) is 0 Å². The molecule has 332 valence electrons. The second kappa shape index (κ2) is 44.0. The highest BCUT2D eigenvalue weighted by molar-refractivity contribution is 7.47. The Bertz CT molecular complexity index is 1220. The van der Waals surface area contributed by atoms with Crippen LogP contribution in [-0.2, 0) is 18.4 Å². The van der Waals surface area contributed by atoms with Crippen molar-refractivity contribution in [3.63, 3.8) is 0 Å². The molecule has 0 heterocycles. The van der Waals surface area contributed by atoms with E-state index in [0.717, 1.165) is 57.8 Å². The minimum atomic E-state index is -4.38. The number of hydrogen-bond donors (Lipinski definition) is 4. The van der Waals surface area contributed by atoms with Gasteiger partial charge in [0.05, 0.1) is 25.4 Å². The summed E-state index contributed by atoms with van der Waals surface area (Å²) in [5.41, 5.74) is 5.37. The number of unbranched alkanes of at least 4 members (excludes halogenated alkanes) is 15. The first-order valence-electron chi connectivity index (χ1n) is 22.9. The fourth-order valence-electron chi connectivity index (χ4n) is 5.99. The van der Waals surface area contributed by atoms with E-state index in [1.807, 2.05) is 18.2 Å². The molecule has 0 saturated heterocycles. The Hall–Kier alpha value is -2.58. The number of nitrogens with one attached hydrogen (secondary N) is 1. The number of carbonyl (C=O) groups excluding carboxylic acids is 1. The zero-order valence-corrected chi connectivity index (χ0v) is 37.6. The molecule has 0 aliphatic rings. The van der Waals surface area contributed by atoms with Crippen LogP contribution in [-0.4, -0.2) is 47.8 Å². The average molecular weight is 829 g/mol. The standard InChI is InChI=1S/C49H85N2O6P/c1-3-5-7-9-11-13-15-17-19-21-23-25-26-28-30-32-34-36-38-40-42-48(52)47(46-57-58(54,55)56-45-44-50)51-49(53)43-41-39-37-35-33-31-29-27-24-22-20-18-16-14-12-10-8-6-4-2/h6,8,12,14,18,20,24,27,31-34,37,39-40,42,47-48,52H,3-5,7,9-11,13,15-17,19,21-23,25-26,28-30,35-36,38,41,43-46,50H2,1-2H3,(H,51,53)(H,54,55)/b8-6-,14-12-,20-18-,27-24-,33-31-,34-32+,39-37-,42-40+. The van der Waals surface area contributed by atoms with E-state index < -0.39 is 26.6 Å². The molecule has 0 aliphatic heterocycles. The molecule has 5 N–H and O–H groups in total. The Labute approximate surface area is 355 Å². The van der Waals surface area contributed by atoms with Gasteiger partial charge in [0, 0.05) is 13.0 Å². The van der Waals surface area contributed by atoms with Crippen LogP contribution in [0.3, 0.4) is 0 Å². The summed E-state index contributed by atoms with van der Waals surface area (Å²) >= 11 is 0. The Kier molecular flexibility index (Phi) is 42.0. The SMILES string of the molecule is CC/C=C\C/C=C\C/C=C\C/C=C\C/C=C\C/C=C\CCC(=O)NC(COP(=O)(O)OCCN)C(O)/C=C/CC/C=C/CCCCCCCCCCCCCCCC. The van der Waals surface area contributed by atoms with Gasteiger partial charge in [-0.05, 0) is 70.6 Å². The molecule has 8 nitrogen and oxygen atoms in total. The van der Waals surface area contributed by atoms with Gasteiger partial charge in [0.15, 0.2) is 0 Å². The molecule has 1 amide bonds. The Morgan fingerprint density at radius 2 is 1.02 bits per heavy atom. The van der Waals surface area contributed by atoms with Gasteiger partial charge in [0.25, 0.3) is 0 Å². The van der Waals surface area contributed by atoms with Crippen LogP contribution in [0.15, 0.2) is 97.2 Å². The third kappa shape index (κ3) is 41.6. The van der Waals surface area contributed by atoms with Crippen molar-refractivity contribution in [2.75, 3.05) is 19.8 Å². The fraction of sp³-hybridized carbons (Fsp3) is 0.653. The number of phosphoric acid groups is 1. The Morgan fingerprint density at radius 1 is 0.586 bits per heavy atom. The van der Waals surface area contributed by atoms with Crippen LogP contribution in [0.2, 0.25) is 0 Å². The molecule has 0 rings (SSSR count). The fourth-order valence-corrected chi connectivity index (χ4v) is 6.75. The van der Waals surface area contributed by atoms with E-state index in [4.69, 9.17) is 14.8 Å². The highest BCUT2D eigenvalue weighted by atomic mass is 31.2. The van der Waals surface area contributed by atoms with Gasteiger partial charge in [-0.3, -0.25) is 13.8 Å². The van der Waals surface area contributed by atoms with Crippen LogP contribution in [0, 0.1) is 0 Å². The van der Waals surface area contributed by atoms with Gasteiger partial charge in [-0.25, -0.2) is 4.57 Å². The summed E-state index contributed by atoms with van der Waals surface area (Å²) < 4.78 is 22.1. The molecule has 0 fully saturated rings. The lowest BCUT2D eigenvalue weighted by Gasteiger charge is -2.23. The Balaban J connectivity index is 4.38. The lowest BCUT2D eigenvalue weighted by atomic mass is 10.0. The Morgan fingerprint density at radius 3 is 1.52 bits per heavy atom. The maximum absolute atomic E-state index is 12.7. The summed E-state index contributed by atoms with van der Waals surface area (Å²) in [5, 5.41) is 13.6. The topological polar surface area (TPSA) is 131 Å². The van der Waals surface area contributed by atoms with Gasteiger partial charge in [0.1, 0.15) is 0 Å². The number of phosphoric ester groups is 1. The number of hydrogen-bond acceptors (Lipinski definition) is 6. The second-order valence-electron chi connectivity index (χ2n) is 14.9. The number of rotatable bonds is 41. The molecular weight excluding hydrogens is 744 g/mol. The van der Waals surface area contributed by atoms with Gasteiger partial charge in [-0.1, -0.05) is 195 Å². The zero-order chi connectivity index (χ0) is 42.5. The van der Waals surface area contributed by atoms with E-state index in [1.54, 1.807) is 6.08 Å². The predicted molar refractivity (Wildman–Crippen MR) is 249 cm³/mol. The molecule has 0 aromatic carbocycles. The number of aliphatic hydroxyl groups is 1.